The minimum Gasteiger partial charge on any atom is -0.459 e. The van der Waals surface area contributed by atoms with Gasteiger partial charge in [-0.2, -0.15) is 52.7 Å². The molecule has 0 aromatic heterocycles. The van der Waals surface area contributed by atoms with E-state index in [1.807, 2.05) is 0 Å². The highest BCUT2D eigenvalue weighted by atomic mass is 19.4. The summed E-state index contributed by atoms with van der Waals surface area (Å²) in [5.74, 6) is -8.67. The number of nitrogens with one attached hydrogen (secondary N) is 3. The average molecular weight is 805 g/mol. The van der Waals surface area contributed by atoms with Crippen molar-refractivity contribution in [3.63, 3.8) is 0 Å². The van der Waals surface area contributed by atoms with E-state index >= 15 is 0 Å². The molecule has 23 heteroatoms. The van der Waals surface area contributed by atoms with E-state index in [0.29, 0.717) is 4.90 Å². The minimum absolute atomic E-state index is 0.00560. The molecule has 0 heterocycles. The normalized spacial score (nSPS) is 11.8. The lowest BCUT2D eigenvalue weighted by Crippen LogP contribution is -2.44. The van der Waals surface area contributed by atoms with Crippen LogP contribution in [0.4, 0.5) is 52.7 Å². The molecule has 11 nitrogen and oxygen atoms in total. The van der Waals surface area contributed by atoms with Gasteiger partial charge < -0.3 is 37.1 Å². The molecule has 0 rings (SSSR count). The first-order valence-corrected chi connectivity index (χ1v) is 16.9. The van der Waals surface area contributed by atoms with Crippen LogP contribution in [0, 0.1) is 0 Å². The number of carbonyl (C=O) groups excluding carboxylic acids is 4. The predicted molar refractivity (Wildman–Crippen MR) is 170 cm³/mol. The molecule has 0 bridgehead atoms. The Bertz CT molecular complexity index is 972. The van der Waals surface area contributed by atoms with E-state index in [9.17, 15) is 71.9 Å². The number of ether oxygens (including phenoxy) is 1. The second-order valence-corrected chi connectivity index (χ2v) is 11.1. The molecule has 7 N–H and O–H groups in total. The van der Waals surface area contributed by atoms with Gasteiger partial charge in [0, 0.05) is 26.2 Å². The van der Waals surface area contributed by atoms with Gasteiger partial charge in [-0.15, -0.1) is 0 Å². The number of unbranched alkanes of at least 4 members (excludes halogenated alkanes) is 8. The first-order valence-electron chi connectivity index (χ1n) is 16.9. The molecular formula is C30H52F12N6O5. The monoisotopic (exact) mass is 804 g/mol. The van der Waals surface area contributed by atoms with Crippen LogP contribution in [0.2, 0.25) is 0 Å². The van der Waals surface area contributed by atoms with Gasteiger partial charge in [0.15, 0.2) is 0 Å². The third-order valence-electron chi connectivity index (χ3n) is 6.45. The SMILES string of the molecule is CCOC(=O)C(F)(F)F.NCCCCCCCCCCCN.O=C(NCCCNCCCN(CCCNC(=O)C(F)(F)F)C(=O)C(F)(F)F)C(F)(F)F. The number of hydrogen-bond acceptors (Lipinski definition) is 8. The number of halogens is 12. The van der Waals surface area contributed by atoms with Crippen LogP contribution in [-0.2, 0) is 23.9 Å². The summed E-state index contributed by atoms with van der Waals surface area (Å²) in [5.41, 5.74) is 10.8. The van der Waals surface area contributed by atoms with E-state index < -0.39 is 68.0 Å². The van der Waals surface area contributed by atoms with Crippen LogP contribution in [0.25, 0.3) is 0 Å². The summed E-state index contributed by atoms with van der Waals surface area (Å²) in [7, 11) is 0. The van der Waals surface area contributed by atoms with Crippen LogP contribution < -0.4 is 27.4 Å². The molecule has 0 aliphatic rings. The van der Waals surface area contributed by atoms with Crippen molar-refractivity contribution in [2.75, 3.05) is 59.0 Å². The second kappa shape index (κ2) is 30.3. The van der Waals surface area contributed by atoms with Crippen LogP contribution >= 0.6 is 0 Å². The van der Waals surface area contributed by atoms with E-state index in [1.54, 1.807) is 5.32 Å². The highest BCUT2D eigenvalue weighted by Gasteiger charge is 2.43. The number of esters is 1. The molecule has 0 aromatic rings. The van der Waals surface area contributed by atoms with Crippen LogP contribution in [0.15, 0.2) is 0 Å². The summed E-state index contributed by atoms with van der Waals surface area (Å²) >= 11 is 0. The number of nitrogens with two attached hydrogens (primary N) is 2. The van der Waals surface area contributed by atoms with Crippen molar-refractivity contribution < 1.29 is 76.6 Å². The van der Waals surface area contributed by atoms with Gasteiger partial charge in [-0.05, 0) is 65.2 Å². The van der Waals surface area contributed by atoms with Crippen molar-refractivity contribution in [1.82, 2.24) is 20.9 Å². The number of amides is 3. The number of rotatable bonds is 23. The molecule has 0 fully saturated rings. The third kappa shape index (κ3) is 34.4. The van der Waals surface area contributed by atoms with Crippen molar-refractivity contribution in [1.29, 1.82) is 0 Å². The van der Waals surface area contributed by atoms with Crippen molar-refractivity contribution in [2.45, 2.75) is 109 Å². The number of carbonyl (C=O) groups is 4. The maximum atomic E-state index is 12.6. The van der Waals surface area contributed by atoms with Gasteiger partial charge >= 0.3 is 48.4 Å². The van der Waals surface area contributed by atoms with Gasteiger partial charge in [-0.1, -0.05) is 44.9 Å². The molecule has 0 aliphatic heterocycles. The topological polar surface area (TPSA) is 169 Å². The fourth-order valence-corrected chi connectivity index (χ4v) is 3.84. The van der Waals surface area contributed by atoms with E-state index in [4.69, 9.17) is 11.5 Å². The lowest BCUT2D eigenvalue weighted by atomic mass is 10.1. The third-order valence-corrected chi connectivity index (χ3v) is 6.45. The first-order chi connectivity index (χ1) is 24.5. The van der Waals surface area contributed by atoms with Crippen LogP contribution in [0.3, 0.4) is 0 Å². The predicted octanol–water partition coefficient (Wildman–Crippen LogP) is 5.02. The Hall–Kier alpha value is -3.08. The molecule has 0 saturated heterocycles. The highest BCUT2D eigenvalue weighted by Crippen LogP contribution is 2.19. The molecule has 0 aromatic carbocycles. The fourth-order valence-electron chi connectivity index (χ4n) is 3.84. The maximum Gasteiger partial charge on any atom is 0.490 e. The van der Waals surface area contributed by atoms with E-state index in [0.717, 1.165) is 13.1 Å². The zero-order valence-electron chi connectivity index (χ0n) is 29.5. The smallest absolute Gasteiger partial charge is 0.459 e. The van der Waals surface area contributed by atoms with Gasteiger partial charge in [-0.25, -0.2) is 4.79 Å². The number of hydrogen-bond donors (Lipinski definition) is 5. The van der Waals surface area contributed by atoms with Crippen LogP contribution in [0.5, 0.6) is 0 Å². The van der Waals surface area contributed by atoms with Gasteiger partial charge in [0.25, 0.3) is 0 Å². The number of nitrogens with zero attached hydrogens (tertiary/aromatic N) is 1. The second-order valence-electron chi connectivity index (χ2n) is 11.1. The first kappa shape index (κ1) is 54.3. The Morgan fingerprint density at radius 3 is 1.19 bits per heavy atom. The molecule has 53 heavy (non-hydrogen) atoms. The average Bonchev–Trinajstić information content (AvgIpc) is 3.04. The molecule has 0 saturated carbocycles. The molecular weight excluding hydrogens is 752 g/mol. The zero-order valence-corrected chi connectivity index (χ0v) is 29.5. The fraction of sp³-hybridized carbons (Fsp3) is 0.867. The summed E-state index contributed by atoms with van der Waals surface area (Å²) in [6, 6.07) is 0. The molecule has 0 radical (unpaired) electrons. The van der Waals surface area contributed by atoms with E-state index in [1.165, 1.54) is 70.0 Å². The Morgan fingerprint density at radius 1 is 0.509 bits per heavy atom. The van der Waals surface area contributed by atoms with Gasteiger partial charge in [-0.3, -0.25) is 14.4 Å². The van der Waals surface area contributed by atoms with Crippen LogP contribution in [0.1, 0.15) is 84.0 Å². The lowest BCUT2D eigenvalue weighted by Gasteiger charge is -2.24. The quantitative estimate of drug-likeness (QED) is 0.0545. The van der Waals surface area contributed by atoms with Crippen LogP contribution in [-0.4, -0.2) is 112 Å². The zero-order chi connectivity index (χ0) is 41.6. The summed E-state index contributed by atoms with van der Waals surface area (Å²) in [5, 5.41) is 5.80. The van der Waals surface area contributed by atoms with Gasteiger partial charge in [0.2, 0.25) is 0 Å². The summed E-state index contributed by atoms with van der Waals surface area (Å²) in [4.78, 5) is 42.7. The Kier molecular flexibility index (Phi) is 31.0. The molecule has 0 unspecified atom stereocenters. The lowest BCUT2D eigenvalue weighted by molar-refractivity contribution is -0.199. The maximum absolute atomic E-state index is 12.6. The molecule has 0 spiro atoms. The molecule has 316 valence electrons. The van der Waals surface area contributed by atoms with Crippen molar-refractivity contribution in [3.8, 4) is 0 Å². The summed E-state index contributed by atoms with van der Waals surface area (Å²) < 4.78 is 147. The molecule has 0 aliphatic carbocycles. The van der Waals surface area contributed by atoms with Crippen molar-refractivity contribution in [3.05, 3.63) is 0 Å². The Labute approximate surface area is 300 Å². The number of alkyl halides is 12. The molecule has 0 atom stereocenters. The van der Waals surface area contributed by atoms with Crippen molar-refractivity contribution >= 4 is 23.7 Å². The Balaban J connectivity index is -0.000000923. The van der Waals surface area contributed by atoms with Crippen molar-refractivity contribution in [2.24, 2.45) is 11.5 Å². The minimum atomic E-state index is -5.20. The van der Waals surface area contributed by atoms with E-state index in [2.05, 4.69) is 10.1 Å². The van der Waals surface area contributed by atoms with Gasteiger partial charge in [0.1, 0.15) is 0 Å². The summed E-state index contributed by atoms with van der Waals surface area (Å²) in [6.45, 7) is 1.16. The molecule has 3 amide bonds. The largest absolute Gasteiger partial charge is 0.490 e. The summed E-state index contributed by atoms with van der Waals surface area (Å²) in [6.07, 6.45) is -8.47. The Morgan fingerprint density at radius 2 is 0.868 bits per heavy atom. The van der Waals surface area contributed by atoms with E-state index in [-0.39, 0.29) is 45.5 Å². The highest BCUT2D eigenvalue weighted by molar-refractivity contribution is 5.82. The standard InChI is InChI=1S/C15H21F9N4O3.C11H26N2.C4H5F3O2/c16-13(17,18)10(29)26-6-1-4-25-5-2-8-28(12(31)15(22,23)24)9-3-7-27-11(30)14(19,20)21;12-10-8-6-4-2-1-3-5-7-9-11-13;1-2-9-3(8)4(5,6)7/h25H,1-9H2,(H,26,29)(H,27,30);1-13H2;2H2,1H3. The van der Waals surface area contributed by atoms with Gasteiger partial charge in [0.05, 0.1) is 6.61 Å².